The van der Waals surface area contributed by atoms with Crippen LogP contribution in [-0.2, 0) is 0 Å². The van der Waals surface area contributed by atoms with E-state index in [2.05, 4.69) is 24.0 Å². The molecule has 0 aliphatic carbocycles. The molecule has 3 N–H and O–H groups in total. The molecular weight excluding hydrogens is 278 g/mol. The third-order valence-electron chi connectivity index (χ3n) is 3.10. The van der Waals surface area contributed by atoms with Crippen molar-refractivity contribution in [2.24, 2.45) is 0 Å². The van der Waals surface area contributed by atoms with Crippen LogP contribution in [-0.4, -0.2) is 24.4 Å². The van der Waals surface area contributed by atoms with Gasteiger partial charge in [-0.05, 0) is 12.0 Å². The van der Waals surface area contributed by atoms with Crippen LogP contribution < -0.4 is 15.2 Å². The molecule has 20 heavy (non-hydrogen) atoms. The van der Waals surface area contributed by atoms with E-state index >= 15 is 0 Å². The second kappa shape index (κ2) is 5.63. The summed E-state index contributed by atoms with van der Waals surface area (Å²) in [4.78, 5) is 0. The molecule has 0 saturated carbocycles. The summed E-state index contributed by atoms with van der Waals surface area (Å²) in [6.45, 7) is 4.16. The zero-order chi connectivity index (χ0) is 14.9. The summed E-state index contributed by atoms with van der Waals surface area (Å²) in [5, 5.41) is 7.35. The first-order valence-corrected chi connectivity index (χ1v) is 6.63. The van der Waals surface area contributed by atoms with Gasteiger partial charge in [-0.1, -0.05) is 25.4 Å². The van der Waals surface area contributed by atoms with Gasteiger partial charge in [-0.25, -0.2) is 0 Å². The first kappa shape index (κ1) is 14.5. The highest BCUT2D eigenvalue weighted by Crippen LogP contribution is 2.46. The molecule has 2 rings (SSSR count). The lowest BCUT2D eigenvalue weighted by atomic mass is 9.93. The maximum absolute atomic E-state index is 6.28. The second-order valence-electron chi connectivity index (χ2n) is 4.75. The molecule has 108 valence electrons. The van der Waals surface area contributed by atoms with Crippen molar-refractivity contribution in [2.75, 3.05) is 20.0 Å². The summed E-state index contributed by atoms with van der Waals surface area (Å²) < 4.78 is 10.8. The molecule has 1 aromatic heterocycles. The Hall–Kier alpha value is -1.88. The maximum atomic E-state index is 6.28. The Morgan fingerprint density at radius 1 is 1.20 bits per heavy atom. The fraction of sp³-hybridized carbons (Fsp3) is 0.357. The van der Waals surface area contributed by atoms with Crippen molar-refractivity contribution in [3.63, 3.8) is 0 Å². The first-order chi connectivity index (χ1) is 9.49. The van der Waals surface area contributed by atoms with Gasteiger partial charge < -0.3 is 15.2 Å². The lowest BCUT2D eigenvalue weighted by Gasteiger charge is -2.20. The van der Waals surface area contributed by atoms with Crippen molar-refractivity contribution in [3.05, 3.63) is 22.7 Å². The molecule has 0 saturated heterocycles. The number of hydrogen-bond acceptors (Lipinski definition) is 4. The number of halogens is 1. The van der Waals surface area contributed by atoms with E-state index in [0.717, 1.165) is 16.8 Å². The van der Waals surface area contributed by atoms with Crippen molar-refractivity contribution >= 4 is 17.4 Å². The lowest BCUT2D eigenvalue weighted by molar-refractivity contribution is 0.351. The van der Waals surface area contributed by atoms with Gasteiger partial charge in [-0.2, -0.15) is 5.10 Å². The molecule has 6 heteroatoms. The van der Waals surface area contributed by atoms with Crippen LogP contribution in [0.25, 0.3) is 11.3 Å². The highest BCUT2D eigenvalue weighted by molar-refractivity contribution is 6.32. The Morgan fingerprint density at radius 2 is 1.85 bits per heavy atom. The van der Waals surface area contributed by atoms with E-state index in [4.69, 9.17) is 26.8 Å². The average molecular weight is 296 g/mol. The number of H-pyrrole nitrogens is 1. The molecule has 5 nitrogen and oxygen atoms in total. The molecule has 0 atom stereocenters. The quantitative estimate of drug-likeness (QED) is 0.906. The van der Waals surface area contributed by atoms with Crippen LogP contribution in [0.1, 0.15) is 25.3 Å². The molecule has 0 spiro atoms. The van der Waals surface area contributed by atoms with E-state index < -0.39 is 0 Å². The van der Waals surface area contributed by atoms with Gasteiger partial charge in [0.05, 0.1) is 24.9 Å². The van der Waals surface area contributed by atoms with Gasteiger partial charge >= 0.3 is 0 Å². The summed E-state index contributed by atoms with van der Waals surface area (Å²) in [6, 6.07) is 3.61. The van der Waals surface area contributed by atoms with Crippen LogP contribution in [0.15, 0.2) is 12.1 Å². The Labute approximate surface area is 123 Å². The zero-order valence-corrected chi connectivity index (χ0v) is 12.7. The minimum absolute atomic E-state index is 0.218. The number of nitrogens with one attached hydrogen (secondary N) is 1. The fourth-order valence-electron chi connectivity index (χ4n) is 2.29. The largest absolute Gasteiger partial charge is 0.492 e. The Kier molecular flexibility index (Phi) is 4.09. The third kappa shape index (κ3) is 2.41. The summed E-state index contributed by atoms with van der Waals surface area (Å²) >= 11 is 6.28. The van der Waals surface area contributed by atoms with Crippen LogP contribution >= 0.6 is 11.6 Å². The number of aromatic nitrogens is 2. The molecule has 0 amide bonds. The topological polar surface area (TPSA) is 73.2 Å². The number of benzene rings is 1. The number of nitrogen functional groups attached to an aromatic ring is 1. The standard InChI is InChI=1S/C14H18ClN3O2/c1-7(2)12-8(10-6-11(16)18-17-10)5-9(15)13(19-3)14(12)20-4/h5-7H,1-4H3,(H3,16,17,18). The Morgan fingerprint density at radius 3 is 2.30 bits per heavy atom. The van der Waals surface area contributed by atoms with Gasteiger partial charge in [0.15, 0.2) is 11.5 Å². The van der Waals surface area contributed by atoms with Gasteiger partial charge in [0, 0.05) is 17.2 Å². The van der Waals surface area contributed by atoms with Crippen LogP contribution in [0.5, 0.6) is 11.5 Å². The molecule has 2 aromatic rings. The smallest absolute Gasteiger partial charge is 0.179 e. The summed E-state index contributed by atoms with van der Waals surface area (Å²) in [6.07, 6.45) is 0. The number of methoxy groups -OCH3 is 2. The number of anilines is 1. The monoisotopic (exact) mass is 295 g/mol. The van der Waals surface area contributed by atoms with Crippen LogP contribution in [0.2, 0.25) is 5.02 Å². The van der Waals surface area contributed by atoms with E-state index in [1.807, 2.05) is 6.07 Å². The van der Waals surface area contributed by atoms with Gasteiger partial charge in [0.25, 0.3) is 0 Å². The minimum atomic E-state index is 0.218. The predicted molar refractivity (Wildman–Crippen MR) is 80.6 cm³/mol. The number of nitrogens with zero attached hydrogens (tertiary/aromatic N) is 1. The molecule has 0 aliphatic heterocycles. The first-order valence-electron chi connectivity index (χ1n) is 6.25. The van der Waals surface area contributed by atoms with Crippen molar-refractivity contribution in [3.8, 4) is 22.8 Å². The normalized spacial score (nSPS) is 10.9. The van der Waals surface area contributed by atoms with Crippen molar-refractivity contribution in [1.82, 2.24) is 10.2 Å². The number of rotatable bonds is 4. The SMILES string of the molecule is COc1c(Cl)cc(-c2cc(N)n[nH]2)c(C(C)C)c1OC. The van der Waals surface area contributed by atoms with E-state index in [-0.39, 0.29) is 5.92 Å². The second-order valence-corrected chi connectivity index (χ2v) is 5.15. The number of aromatic amines is 1. The van der Waals surface area contributed by atoms with Crippen LogP contribution in [0, 0.1) is 0 Å². The molecule has 1 aromatic carbocycles. The van der Waals surface area contributed by atoms with Crippen molar-refractivity contribution < 1.29 is 9.47 Å². The van der Waals surface area contributed by atoms with Gasteiger partial charge in [-0.15, -0.1) is 0 Å². The highest BCUT2D eigenvalue weighted by atomic mass is 35.5. The Balaban J connectivity index is 2.77. The van der Waals surface area contributed by atoms with E-state index in [9.17, 15) is 0 Å². The molecule has 0 unspecified atom stereocenters. The van der Waals surface area contributed by atoms with Crippen molar-refractivity contribution in [2.45, 2.75) is 19.8 Å². The maximum Gasteiger partial charge on any atom is 0.179 e. The fourth-order valence-corrected chi connectivity index (χ4v) is 2.56. The molecule has 0 aliphatic rings. The number of ether oxygens (including phenoxy) is 2. The van der Waals surface area contributed by atoms with Crippen LogP contribution in [0.3, 0.4) is 0 Å². The molecule has 0 bridgehead atoms. The lowest BCUT2D eigenvalue weighted by Crippen LogP contribution is -2.01. The Bertz CT molecular complexity index is 623. The minimum Gasteiger partial charge on any atom is -0.492 e. The molecular formula is C14H18ClN3O2. The average Bonchev–Trinajstić information content (AvgIpc) is 2.83. The summed E-state index contributed by atoms with van der Waals surface area (Å²) in [7, 11) is 3.17. The number of nitrogens with two attached hydrogens (primary N) is 1. The highest BCUT2D eigenvalue weighted by Gasteiger charge is 2.22. The van der Waals surface area contributed by atoms with E-state index in [0.29, 0.717) is 22.3 Å². The zero-order valence-electron chi connectivity index (χ0n) is 12.0. The molecule has 1 heterocycles. The number of hydrogen-bond donors (Lipinski definition) is 2. The van der Waals surface area contributed by atoms with Gasteiger partial charge in [0.1, 0.15) is 5.82 Å². The molecule has 0 radical (unpaired) electrons. The van der Waals surface area contributed by atoms with Gasteiger partial charge in [-0.3, -0.25) is 5.10 Å². The summed E-state index contributed by atoms with van der Waals surface area (Å²) in [5.74, 6) is 1.82. The third-order valence-corrected chi connectivity index (χ3v) is 3.38. The van der Waals surface area contributed by atoms with E-state index in [1.54, 1.807) is 20.3 Å². The van der Waals surface area contributed by atoms with E-state index in [1.165, 1.54) is 0 Å². The molecule has 0 fully saturated rings. The van der Waals surface area contributed by atoms with Crippen LogP contribution in [0.4, 0.5) is 5.82 Å². The summed E-state index contributed by atoms with van der Waals surface area (Å²) in [5.41, 5.74) is 8.38. The van der Waals surface area contributed by atoms with Gasteiger partial charge in [0.2, 0.25) is 0 Å². The predicted octanol–water partition coefficient (Wildman–Crippen LogP) is 3.45. The van der Waals surface area contributed by atoms with Crippen molar-refractivity contribution in [1.29, 1.82) is 0 Å².